The molecule has 1 aliphatic heterocycles. The van der Waals surface area contributed by atoms with Crippen molar-refractivity contribution in [2.75, 3.05) is 19.6 Å². The van der Waals surface area contributed by atoms with Crippen molar-refractivity contribution in [1.29, 1.82) is 0 Å². The van der Waals surface area contributed by atoms with Crippen LogP contribution in [0.2, 0.25) is 0 Å². The Bertz CT molecular complexity index is 471. The molecule has 116 valence electrons. The SMILES string of the molecule is CC(CCN1CCC(C(=O)O)(C(C)C)C1)c1ccccc1. The van der Waals surface area contributed by atoms with Crippen molar-refractivity contribution in [3.63, 3.8) is 0 Å². The fourth-order valence-electron chi connectivity index (χ4n) is 3.32. The molecule has 1 aliphatic rings. The monoisotopic (exact) mass is 289 g/mol. The van der Waals surface area contributed by atoms with Gasteiger partial charge in [0, 0.05) is 6.54 Å². The molecule has 0 saturated carbocycles. The summed E-state index contributed by atoms with van der Waals surface area (Å²) in [5.74, 6) is 0.0766. The Kier molecular flexibility index (Phi) is 5.04. The molecule has 1 aromatic carbocycles. The number of aliphatic carboxylic acids is 1. The topological polar surface area (TPSA) is 40.5 Å². The molecule has 2 atom stereocenters. The van der Waals surface area contributed by atoms with Gasteiger partial charge in [-0.05, 0) is 43.3 Å². The maximum atomic E-state index is 11.6. The summed E-state index contributed by atoms with van der Waals surface area (Å²) in [6.45, 7) is 8.90. The van der Waals surface area contributed by atoms with Crippen LogP contribution in [0, 0.1) is 11.3 Å². The van der Waals surface area contributed by atoms with E-state index in [1.807, 2.05) is 19.9 Å². The first-order chi connectivity index (χ1) is 9.95. The smallest absolute Gasteiger partial charge is 0.311 e. The Hall–Kier alpha value is -1.35. The van der Waals surface area contributed by atoms with Gasteiger partial charge in [-0.15, -0.1) is 0 Å². The van der Waals surface area contributed by atoms with Crippen LogP contribution in [0.4, 0.5) is 0 Å². The second-order valence-corrected chi connectivity index (χ2v) is 6.74. The van der Waals surface area contributed by atoms with E-state index in [-0.39, 0.29) is 5.92 Å². The molecule has 2 rings (SSSR count). The zero-order valence-corrected chi connectivity index (χ0v) is 13.4. The summed E-state index contributed by atoms with van der Waals surface area (Å²) in [4.78, 5) is 14.0. The summed E-state index contributed by atoms with van der Waals surface area (Å²) in [7, 11) is 0. The Morgan fingerprint density at radius 3 is 2.48 bits per heavy atom. The van der Waals surface area contributed by atoms with Crippen LogP contribution >= 0.6 is 0 Å². The zero-order chi connectivity index (χ0) is 15.5. The number of benzene rings is 1. The highest BCUT2D eigenvalue weighted by Gasteiger charge is 2.46. The number of carboxylic acids is 1. The lowest BCUT2D eigenvalue weighted by Crippen LogP contribution is -2.39. The molecule has 1 saturated heterocycles. The summed E-state index contributed by atoms with van der Waals surface area (Å²) in [5, 5.41) is 9.58. The number of hydrogen-bond acceptors (Lipinski definition) is 2. The minimum atomic E-state index is -0.629. The Morgan fingerprint density at radius 2 is 1.95 bits per heavy atom. The second kappa shape index (κ2) is 6.61. The molecular formula is C18H27NO2. The van der Waals surface area contributed by atoms with Crippen molar-refractivity contribution in [3.8, 4) is 0 Å². The third-order valence-electron chi connectivity index (χ3n) is 5.16. The van der Waals surface area contributed by atoms with E-state index in [0.717, 1.165) is 25.9 Å². The second-order valence-electron chi connectivity index (χ2n) is 6.74. The van der Waals surface area contributed by atoms with Crippen molar-refractivity contribution in [3.05, 3.63) is 35.9 Å². The van der Waals surface area contributed by atoms with Gasteiger partial charge in [0.25, 0.3) is 0 Å². The largest absolute Gasteiger partial charge is 0.481 e. The van der Waals surface area contributed by atoms with Gasteiger partial charge in [0.2, 0.25) is 0 Å². The molecule has 0 amide bonds. The first-order valence-corrected chi connectivity index (χ1v) is 7.96. The number of hydrogen-bond donors (Lipinski definition) is 1. The average molecular weight is 289 g/mol. The Labute approximate surface area is 128 Å². The predicted molar refractivity (Wildman–Crippen MR) is 85.4 cm³/mol. The van der Waals surface area contributed by atoms with E-state index in [1.54, 1.807) is 0 Å². The molecule has 1 heterocycles. The van der Waals surface area contributed by atoms with E-state index >= 15 is 0 Å². The fourth-order valence-corrected chi connectivity index (χ4v) is 3.32. The van der Waals surface area contributed by atoms with Crippen molar-refractivity contribution in [1.82, 2.24) is 4.90 Å². The number of carboxylic acid groups (broad SMARTS) is 1. The van der Waals surface area contributed by atoms with Gasteiger partial charge < -0.3 is 10.0 Å². The summed E-state index contributed by atoms with van der Waals surface area (Å²) < 4.78 is 0. The summed E-state index contributed by atoms with van der Waals surface area (Å²) in [6.07, 6.45) is 1.86. The quantitative estimate of drug-likeness (QED) is 0.869. The molecule has 0 aromatic heterocycles. The van der Waals surface area contributed by atoms with Gasteiger partial charge in [-0.2, -0.15) is 0 Å². The minimum Gasteiger partial charge on any atom is -0.481 e. The standard InChI is InChI=1S/C18H27NO2/c1-14(2)18(17(20)21)10-12-19(13-18)11-9-15(3)16-7-5-4-6-8-16/h4-8,14-15H,9-13H2,1-3H3,(H,20,21). The normalized spacial score (nSPS) is 24.4. The van der Waals surface area contributed by atoms with Gasteiger partial charge in [0.15, 0.2) is 0 Å². The lowest BCUT2D eigenvalue weighted by molar-refractivity contribution is -0.151. The lowest BCUT2D eigenvalue weighted by atomic mass is 9.76. The molecule has 0 radical (unpaired) electrons. The van der Waals surface area contributed by atoms with Crippen LogP contribution in [0.5, 0.6) is 0 Å². The number of nitrogens with zero attached hydrogens (tertiary/aromatic N) is 1. The molecule has 3 heteroatoms. The number of carbonyl (C=O) groups is 1. The minimum absolute atomic E-state index is 0.187. The first kappa shape index (κ1) is 16.0. The summed E-state index contributed by atoms with van der Waals surface area (Å²) in [5.41, 5.74) is 0.820. The van der Waals surface area contributed by atoms with E-state index in [1.165, 1.54) is 5.56 Å². The Balaban J connectivity index is 1.90. The van der Waals surface area contributed by atoms with E-state index in [9.17, 15) is 9.90 Å². The molecule has 0 bridgehead atoms. The van der Waals surface area contributed by atoms with Gasteiger partial charge >= 0.3 is 5.97 Å². The zero-order valence-electron chi connectivity index (χ0n) is 13.4. The number of rotatable bonds is 6. The highest BCUT2D eigenvalue weighted by molar-refractivity contribution is 5.75. The molecule has 2 unspecified atom stereocenters. The average Bonchev–Trinajstić information content (AvgIpc) is 2.91. The molecule has 1 fully saturated rings. The third kappa shape index (κ3) is 3.46. The maximum Gasteiger partial charge on any atom is 0.311 e. The molecule has 3 nitrogen and oxygen atoms in total. The van der Waals surface area contributed by atoms with Crippen molar-refractivity contribution >= 4 is 5.97 Å². The number of likely N-dealkylation sites (tertiary alicyclic amines) is 1. The van der Waals surface area contributed by atoms with Crippen molar-refractivity contribution in [2.45, 2.75) is 39.5 Å². The fraction of sp³-hybridized carbons (Fsp3) is 0.611. The van der Waals surface area contributed by atoms with Gasteiger partial charge in [-0.3, -0.25) is 4.79 Å². The molecule has 0 aliphatic carbocycles. The van der Waals surface area contributed by atoms with Gasteiger partial charge in [-0.25, -0.2) is 0 Å². The molecular weight excluding hydrogens is 262 g/mol. The van der Waals surface area contributed by atoms with Crippen LogP contribution in [0.1, 0.15) is 45.1 Å². The van der Waals surface area contributed by atoms with Gasteiger partial charge in [0.05, 0.1) is 5.41 Å². The van der Waals surface area contributed by atoms with Crippen molar-refractivity contribution in [2.24, 2.45) is 11.3 Å². The van der Waals surface area contributed by atoms with Crippen LogP contribution in [-0.2, 0) is 4.79 Å². The van der Waals surface area contributed by atoms with Crippen LogP contribution < -0.4 is 0 Å². The highest BCUT2D eigenvalue weighted by atomic mass is 16.4. The molecule has 1 N–H and O–H groups in total. The predicted octanol–water partition coefficient (Wildman–Crippen LogP) is 3.61. The van der Waals surface area contributed by atoms with Crippen LogP contribution in [0.3, 0.4) is 0 Å². The molecule has 1 aromatic rings. The summed E-state index contributed by atoms with van der Waals surface area (Å²) >= 11 is 0. The van der Waals surface area contributed by atoms with Gasteiger partial charge in [-0.1, -0.05) is 51.1 Å². The molecule has 21 heavy (non-hydrogen) atoms. The maximum absolute atomic E-state index is 11.6. The lowest BCUT2D eigenvalue weighted by Gasteiger charge is -2.29. The van der Waals surface area contributed by atoms with E-state index < -0.39 is 11.4 Å². The molecule has 0 spiro atoms. The summed E-state index contributed by atoms with van der Waals surface area (Å²) in [6, 6.07) is 10.5. The van der Waals surface area contributed by atoms with Crippen LogP contribution in [0.25, 0.3) is 0 Å². The first-order valence-electron chi connectivity index (χ1n) is 7.96. The highest BCUT2D eigenvalue weighted by Crippen LogP contribution is 2.38. The van der Waals surface area contributed by atoms with E-state index in [4.69, 9.17) is 0 Å². The van der Waals surface area contributed by atoms with Crippen molar-refractivity contribution < 1.29 is 9.90 Å². The Morgan fingerprint density at radius 1 is 1.29 bits per heavy atom. The van der Waals surface area contributed by atoms with Gasteiger partial charge in [0.1, 0.15) is 0 Å². The van der Waals surface area contributed by atoms with Crippen LogP contribution in [0.15, 0.2) is 30.3 Å². The van der Waals surface area contributed by atoms with Crippen LogP contribution in [-0.4, -0.2) is 35.6 Å². The van der Waals surface area contributed by atoms with E-state index in [2.05, 4.69) is 36.1 Å². The van der Waals surface area contributed by atoms with E-state index in [0.29, 0.717) is 12.5 Å². The third-order valence-corrected chi connectivity index (χ3v) is 5.16.